The van der Waals surface area contributed by atoms with Crippen LogP contribution in [0.15, 0.2) is 48.5 Å². The van der Waals surface area contributed by atoms with Crippen LogP contribution in [0.25, 0.3) is 0 Å². The second-order valence-corrected chi connectivity index (χ2v) is 6.54. The van der Waals surface area contributed by atoms with Gasteiger partial charge in [0.05, 0.1) is 7.11 Å². The Bertz CT molecular complexity index is 867. The van der Waals surface area contributed by atoms with Crippen LogP contribution in [0.2, 0.25) is 0 Å². The monoisotopic (exact) mass is 418 g/mol. The zero-order chi connectivity index (χ0) is 22.1. The van der Waals surface area contributed by atoms with Gasteiger partial charge in [-0.3, -0.25) is 9.69 Å². The number of nitrogens with zero attached hydrogens (tertiary/aromatic N) is 2. The lowest BCUT2D eigenvalue weighted by Gasteiger charge is -2.34. The number of amides is 1. The Hall–Kier alpha value is -3.46. The van der Waals surface area contributed by atoms with E-state index in [2.05, 4.69) is 4.90 Å². The van der Waals surface area contributed by atoms with Crippen molar-refractivity contribution in [3.05, 3.63) is 65.5 Å². The highest BCUT2D eigenvalue weighted by molar-refractivity contribution is 6.27. The standard InChI is InChI=1S/C19H21FN2O2.C2H2O4/c1-24-18-7-5-16(6-8-18)19(23)22-11-9-21(10-12-22)14-15-3-2-4-17(20)13-15;3-1(4)2(5)6/h2-8,13H,9-12,14H2,1H3;(H,3,4)(H,5,6). The molecule has 1 saturated heterocycles. The third-order valence-electron chi connectivity index (χ3n) is 4.47. The van der Waals surface area contributed by atoms with E-state index in [1.54, 1.807) is 43.5 Å². The fraction of sp³-hybridized carbons (Fsp3) is 0.286. The van der Waals surface area contributed by atoms with Crippen LogP contribution in [-0.2, 0) is 16.1 Å². The first-order valence-electron chi connectivity index (χ1n) is 9.16. The second-order valence-electron chi connectivity index (χ2n) is 6.54. The molecule has 2 aromatic carbocycles. The molecule has 1 aliphatic rings. The number of rotatable bonds is 4. The third-order valence-corrected chi connectivity index (χ3v) is 4.47. The molecule has 1 amide bonds. The summed E-state index contributed by atoms with van der Waals surface area (Å²) in [4.78, 5) is 34.8. The first-order chi connectivity index (χ1) is 14.3. The van der Waals surface area contributed by atoms with Crippen LogP contribution in [0.1, 0.15) is 15.9 Å². The van der Waals surface area contributed by atoms with Crippen LogP contribution >= 0.6 is 0 Å². The molecule has 160 valence electrons. The molecule has 2 N–H and O–H groups in total. The van der Waals surface area contributed by atoms with Gasteiger partial charge in [-0.05, 0) is 42.0 Å². The zero-order valence-electron chi connectivity index (χ0n) is 16.5. The molecule has 1 heterocycles. The van der Waals surface area contributed by atoms with Gasteiger partial charge in [0.15, 0.2) is 0 Å². The van der Waals surface area contributed by atoms with Crippen molar-refractivity contribution in [3.8, 4) is 5.75 Å². The Morgan fingerprint density at radius 1 is 0.967 bits per heavy atom. The SMILES string of the molecule is COc1ccc(C(=O)N2CCN(Cc3cccc(F)c3)CC2)cc1.O=C(O)C(=O)O. The summed E-state index contributed by atoms with van der Waals surface area (Å²) in [5.74, 6) is -3.07. The summed E-state index contributed by atoms with van der Waals surface area (Å²) in [6.45, 7) is 3.65. The van der Waals surface area contributed by atoms with Crippen LogP contribution in [0.4, 0.5) is 4.39 Å². The molecular weight excluding hydrogens is 395 g/mol. The van der Waals surface area contributed by atoms with Crippen LogP contribution in [0.5, 0.6) is 5.75 Å². The lowest BCUT2D eigenvalue weighted by molar-refractivity contribution is -0.159. The van der Waals surface area contributed by atoms with E-state index in [1.165, 1.54) is 6.07 Å². The van der Waals surface area contributed by atoms with Crippen molar-refractivity contribution < 1.29 is 33.7 Å². The summed E-state index contributed by atoms with van der Waals surface area (Å²) in [7, 11) is 1.61. The van der Waals surface area contributed by atoms with Crippen LogP contribution in [-0.4, -0.2) is 71.1 Å². The maximum Gasteiger partial charge on any atom is 0.414 e. The fourth-order valence-electron chi connectivity index (χ4n) is 2.92. The molecule has 1 fully saturated rings. The lowest BCUT2D eigenvalue weighted by atomic mass is 10.1. The number of halogens is 1. The van der Waals surface area contributed by atoms with Crippen molar-refractivity contribution in [2.24, 2.45) is 0 Å². The number of carboxylic acid groups (broad SMARTS) is 2. The van der Waals surface area contributed by atoms with Crippen molar-refractivity contribution in [1.29, 1.82) is 0 Å². The summed E-state index contributed by atoms with van der Waals surface area (Å²) in [5, 5.41) is 14.8. The van der Waals surface area contributed by atoms with Crippen molar-refractivity contribution in [2.75, 3.05) is 33.3 Å². The summed E-state index contributed by atoms with van der Waals surface area (Å²) >= 11 is 0. The predicted octanol–water partition coefficient (Wildman–Crippen LogP) is 1.95. The van der Waals surface area contributed by atoms with Crippen LogP contribution in [0, 0.1) is 5.82 Å². The molecule has 1 aliphatic heterocycles. The number of carbonyl (C=O) groups is 3. The number of carbonyl (C=O) groups excluding carboxylic acids is 1. The molecule has 0 atom stereocenters. The van der Waals surface area contributed by atoms with E-state index < -0.39 is 11.9 Å². The van der Waals surface area contributed by atoms with Gasteiger partial charge in [-0.1, -0.05) is 12.1 Å². The van der Waals surface area contributed by atoms with E-state index in [0.29, 0.717) is 25.2 Å². The van der Waals surface area contributed by atoms with Crippen molar-refractivity contribution >= 4 is 17.8 Å². The molecule has 0 unspecified atom stereocenters. The quantitative estimate of drug-likeness (QED) is 0.731. The number of piperazine rings is 1. The lowest BCUT2D eigenvalue weighted by Crippen LogP contribution is -2.48. The smallest absolute Gasteiger partial charge is 0.414 e. The van der Waals surface area contributed by atoms with Gasteiger partial charge in [0, 0.05) is 38.3 Å². The molecule has 0 spiro atoms. The molecule has 8 nitrogen and oxygen atoms in total. The largest absolute Gasteiger partial charge is 0.497 e. The van der Waals surface area contributed by atoms with E-state index in [0.717, 1.165) is 24.4 Å². The highest BCUT2D eigenvalue weighted by atomic mass is 19.1. The minimum atomic E-state index is -1.82. The topological polar surface area (TPSA) is 107 Å². The van der Waals surface area contributed by atoms with Crippen molar-refractivity contribution in [1.82, 2.24) is 9.80 Å². The Morgan fingerprint density at radius 3 is 2.07 bits per heavy atom. The molecule has 9 heteroatoms. The number of aliphatic carboxylic acids is 2. The Balaban J connectivity index is 0.000000469. The van der Waals surface area contributed by atoms with Gasteiger partial charge in [0.1, 0.15) is 11.6 Å². The first-order valence-corrected chi connectivity index (χ1v) is 9.16. The van der Waals surface area contributed by atoms with Gasteiger partial charge in [-0.15, -0.1) is 0 Å². The second kappa shape index (κ2) is 10.9. The van der Waals surface area contributed by atoms with Gasteiger partial charge in [-0.2, -0.15) is 0 Å². The number of benzene rings is 2. The molecule has 2 aromatic rings. The molecular formula is C21H23FN2O6. The Labute approximate surface area is 173 Å². The average molecular weight is 418 g/mol. The molecule has 0 aromatic heterocycles. The van der Waals surface area contributed by atoms with Crippen LogP contribution in [0.3, 0.4) is 0 Å². The first kappa shape index (κ1) is 22.8. The van der Waals surface area contributed by atoms with Gasteiger partial charge < -0.3 is 19.8 Å². The summed E-state index contributed by atoms with van der Waals surface area (Å²) in [6.07, 6.45) is 0. The summed E-state index contributed by atoms with van der Waals surface area (Å²) in [5.41, 5.74) is 1.64. The van der Waals surface area contributed by atoms with Crippen molar-refractivity contribution in [2.45, 2.75) is 6.54 Å². The normalized spacial score (nSPS) is 13.7. The van der Waals surface area contributed by atoms with Gasteiger partial charge in [-0.25, -0.2) is 14.0 Å². The molecule has 30 heavy (non-hydrogen) atoms. The van der Waals surface area contributed by atoms with E-state index in [-0.39, 0.29) is 11.7 Å². The highest BCUT2D eigenvalue weighted by Gasteiger charge is 2.22. The van der Waals surface area contributed by atoms with E-state index in [1.807, 2.05) is 11.0 Å². The van der Waals surface area contributed by atoms with E-state index in [9.17, 15) is 9.18 Å². The van der Waals surface area contributed by atoms with Gasteiger partial charge >= 0.3 is 11.9 Å². The molecule has 0 bridgehead atoms. The third kappa shape index (κ3) is 6.85. The Morgan fingerprint density at radius 2 is 1.57 bits per heavy atom. The minimum Gasteiger partial charge on any atom is -0.497 e. The van der Waals surface area contributed by atoms with Crippen molar-refractivity contribution in [3.63, 3.8) is 0 Å². The fourth-order valence-corrected chi connectivity index (χ4v) is 2.92. The molecule has 3 rings (SSSR count). The summed E-state index contributed by atoms with van der Waals surface area (Å²) in [6, 6.07) is 13.9. The highest BCUT2D eigenvalue weighted by Crippen LogP contribution is 2.15. The average Bonchev–Trinajstić information content (AvgIpc) is 2.74. The zero-order valence-corrected chi connectivity index (χ0v) is 16.5. The van der Waals surface area contributed by atoms with Gasteiger partial charge in [0.2, 0.25) is 0 Å². The number of ether oxygens (including phenoxy) is 1. The molecule has 0 saturated carbocycles. The van der Waals surface area contributed by atoms with E-state index in [4.69, 9.17) is 24.5 Å². The van der Waals surface area contributed by atoms with E-state index >= 15 is 0 Å². The number of methoxy groups -OCH3 is 1. The maximum absolute atomic E-state index is 13.3. The van der Waals surface area contributed by atoms with Gasteiger partial charge in [0.25, 0.3) is 5.91 Å². The molecule has 0 radical (unpaired) electrons. The number of hydrogen-bond acceptors (Lipinski definition) is 5. The molecule has 0 aliphatic carbocycles. The number of hydrogen-bond donors (Lipinski definition) is 2. The maximum atomic E-state index is 13.3. The Kier molecular flexibility index (Phi) is 8.30. The minimum absolute atomic E-state index is 0.0445. The number of carboxylic acids is 2. The van der Waals surface area contributed by atoms with Crippen LogP contribution < -0.4 is 4.74 Å². The summed E-state index contributed by atoms with van der Waals surface area (Å²) < 4.78 is 18.4. The predicted molar refractivity (Wildman–Crippen MR) is 106 cm³/mol.